The van der Waals surface area contributed by atoms with Gasteiger partial charge in [0.2, 0.25) is 0 Å². The van der Waals surface area contributed by atoms with E-state index >= 15 is 0 Å². The first-order valence-electron chi connectivity index (χ1n) is 7.18. The van der Waals surface area contributed by atoms with Gasteiger partial charge in [0.05, 0.1) is 11.6 Å². The van der Waals surface area contributed by atoms with E-state index in [1.165, 1.54) is 22.1 Å². The van der Waals surface area contributed by atoms with Crippen molar-refractivity contribution in [2.45, 2.75) is 20.0 Å². The monoisotopic (exact) mass is 277 g/mol. The molecule has 3 rings (SSSR count). The van der Waals surface area contributed by atoms with Gasteiger partial charge < -0.3 is 4.74 Å². The van der Waals surface area contributed by atoms with Crippen LogP contribution in [0.1, 0.15) is 24.2 Å². The number of benzene rings is 2. The van der Waals surface area contributed by atoms with E-state index in [0.717, 1.165) is 11.1 Å². The number of nitrogens with zero attached hydrogens (tertiary/aromatic N) is 1. The Morgan fingerprint density at radius 1 is 1.00 bits per heavy atom. The van der Waals surface area contributed by atoms with Crippen LogP contribution in [0, 0.1) is 6.92 Å². The number of aryl methyl sites for hydroxylation is 1. The molecule has 0 bridgehead atoms. The summed E-state index contributed by atoms with van der Waals surface area (Å²) >= 11 is 0. The van der Waals surface area contributed by atoms with Crippen LogP contribution in [0.5, 0.6) is 0 Å². The van der Waals surface area contributed by atoms with Crippen LogP contribution in [-0.2, 0) is 4.74 Å². The number of aromatic nitrogens is 1. The van der Waals surface area contributed by atoms with Crippen LogP contribution >= 0.6 is 0 Å². The molecule has 0 aliphatic carbocycles. The molecule has 0 spiro atoms. The van der Waals surface area contributed by atoms with Gasteiger partial charge in [0.1, 0.15) is 0 Å². The third kappa shape index (κ3) is 2.55. The van der Waals surface area contributed by atoms with E-state index in [2.05, 4.69) is 60.4 Å². The standard InChI is InChI=1S/C19H19NO/c1-13-6-4-5-7-16(13)17-10-11-20-19-12-15(14(2)21-3)8-9-18(17)19/h4-12,14H,1-3H3. The first-order chi connectivity index (χ1) is 10.2. The summed E-state index contributed by atoms with van der Waals surface area (Å²) in [5.74, 6) is 0. The van der Waals surface area contributed by atoms with Crippen LogP contribution in [0.2, 0.25) is 0 Å². The lowest BCUT2D eigenvalue weighted by atomic mass is 9.96. The zero-order valence-corrected chi connectivity index (χ0v) is 12.6. The van der Waals surface area contributed by atoms with Crippen LogP contribution in [-0.4, -0.2) is 12.1 Å². The van der Waals surface area contributed by atoms with Gasteiger partial charge in [-0.05, 0) is 48.2 Å². The Bertz CT molecular complexity index is 779. The Balaban J connectivity index is 2.20. The minimum absolute atomic E-state index is 0.0818. The van der Waals surface area contributed by atoms with Gasteiger partial charge in [-0.25, -0.2) is 0 Å². The Hall–Kier alpha value is -2.19. The molecule has 1 heterocycles. The van der Waals surface area contributed by atoms with Gasteiger partial charge in [0.15, 0.2) is 0 Å². The molecule has 0 N–H and O–H groups in total. The molecule has 106 valence electrons. The minimum atomic E-state index is 0.0818. The molecule has 0 saturated carbocycles. The number of ether oxygens (including phenoxy) is 1. The van der Waals surface area contributed by atoms with E-state index in [0.29, 0.717) is 0 Å². The molecule has 0 saturated heterocycles. The molecule has 2 nitrogen and oxygen atoms in total. The number of rotatable bonds is 3. The van der Waals surface area contributed by atoms with E-state index in [-0.39, 0.29) is 6.10 Å². The fraction of sp³-hybridized carbons (Fsp3) is 0.211. The maximum atomic E-state index is 5.39. The Morgan fingerprint density at radius 3 is 2.57 bits per heavy atom. The molecule has 0 radical (unpaired) electrons. The van der Waals surface area contributed by atoms with Crippen molar-refractivity contribution in [2.24, 2.45) is 0 Å². The van der Waals surface area contributed by atoms with E-state index in [4.69, 9.17) is 4.74 Å². The Morgan fingerprint density at radius 2 is 1.81 bits per heavy atom. The van der Waals surface area contributed by atoms with Gasteiger partial charge >= 0.3 is 0 Å². The zero-order valence-electron chi connectivity index (χ0n) is 12.6. The van der Waals surface area contributed by atoms with Gasteiger partial charge in [0, 0.05) is 18.7 Å². The molecule has 0 amide bonds. The predicted molar refractivity (Wildman–Crippen MR) is 87.3 cm³/mol. The molecule has 2 heteroatoms. The molecule has 1 aromatic heterocycles. The van der Waals surface area contributed by atoms with Gasteiger partial charge in [-0.1, -0.05) is 36.4 Å². The number of pyridine rings is 1. The predicted octanol–water partition coefficient (Wildman–Crippen LogP) is 4.92. The second-order valence-corrected chi connectivity index (χ2v) is 5.33. The second kappa shape index (κ2) is 5.66. The smallest absolute Gasteiger partial charge is 0.0793 e. The van der Waals surface area contributed by atoms with Crippen molar-refractivity contribution in [3.8, 4) is 11.1 Å². The summed E-state index contributed by atoms with van der Waals surface area (Å²) in [7, 11) is 1.73. The molecule has 2 aromatic carbocycles. The molecule has 0 aliphatic heterocycles. The highest BCUT2D eigenvalue weighted by molar-refractivity contribution is 5.95. The summed E-state index contributed by atoms with van der Waals surface area (Å²) in [6, 6.07) is 16.9. The fourth-order valence-corrected chi connectivity index (χ4v) is 2.66. The first kappa shape index (κ1) is 13.8. The summed E-state index contributed by atoms with van der Waals surface area (Å²) in [6.07, 6.45) is 1.96. The van der Waals surface area contributed by atoms with Crippen molar-refractivity contribution >= 4 is 10.9 Å². The normalized spacial score (nSPS) is 12.5. The van der Waals surface area contributed by atoms with E-state index in [1.807, 2.05) is 13.1 Å². The highest BCUT2D eigenvalue weighted by atomic mass is 16.5. The molecular weight excluding hydrogens is 258 g/mol. The highest BCUT2D eigenvalue weighted by Gasteiger charge is 2.09. The lowest BCUT2D eigenvalue weighted by Crippen LogP contribution is -1.96. The average molecular weight is 277 g/mol. The number of hydrogen-bond acceptors (Lipinski definition) is 2. The van der Waals surface area contributed by atoms with E-state index in [1.54, 1.807) is 7.11 Å². The van der Waals surface area contributed by atoms with Crippen molar-refractivity contribution in [1.29, 1.82) is 0 Å². The minimum Gasteiger partial charge on any atom is -0.377 e. The van der Waals surface area contributed by atoms with Gasteiger partial charge in [-0.2, -0.15) is 0 Å². The van der Waals surface area contributed by atoms with Crippen LogP contribution in [0.4, 0.5) is 0 Å². The largest absolute Gasteiger partial charge is 0.377 e. The molecule has 1 atom stereocenters. The van der Waals surface area contributed by atoms with Crippen LogP contribution in [0.15, 0.2) is 54.7 Å². The molecular formula is C19H19NO. The third-order valence-corrected chi connectivity index (χ3v) is 4.02. The molecule has 3 aromatic rings. The second-order valence-electron chi connectivity index (χ2n) is 5.33. The SMILES string of the molecule is COC(C)c1ccc2c(-c3ccccc3C)ccnc2c1. The average Bonchev–Trinajstić information content (AvgIpc) is 2.53. The highest BCUT2D eigenvalue weighted by Crippen LogP contribution is 2.31. The quantitative estimate of drug-likeness (QED) is 0.678. The van der Waals surface area contributed by atoms with Gasteiger partial charge in [0.25, 0.3) is 0 Å². The summed E-state index contributed by atoms with van der Waals surface area (Å²) < 4.78 is 5.39. The van der Waals surface area contributed by atoms with Crippen LogP contribution in [0.3, 0.4) is 0 Å². The number of methoxy groups -OCH3 is 1. The lowest BCUT2D eigenvalue weighted by Gasteiger charge is -2.13. The summed E-state index contributed by atoms with van der Waals surface area (Å²) in [5.41, 5.74) is 5.93. The topological polar surface area (TPSA) is 22.1 Å². The molecule has 1 unspecified atom stereocenters. The fourth-order valence-electron chi connectivity index (χ4n) is 2.66. The summed E-state index contributed by atoms with van der Waals surface area (Å²) in [6.45, 7) is 4.19. The Kier molecular flexibility index (Phi) is 3.72. The van der Waals surface area contributed by atoms with Crippen LogP contribution in [0.25, 0.3) is 22.0 Å². The number of hydrogen-bond donors (Lipinski definition) is 0. The van der Waals surface area contributed by atoms with Crippen molar-refractivity contribution < 1.29 is 4.74 Å². The van der Waals surface area contributed by atoms with Gasteiger partial charge in [-0.3, -0.25) is 4.98 Å². The number of fused-ring (bicyclic) bond motifs is 1. The Labute approximate surface area is 125 Å². The molecule has 0 aliphatic rings. The molecule has 21 heavy (non-hydrogen) atoms. The molecule has 0 fully saturated rings. The lowest BCUT2D eigenvalue weighted by molar-refractivity contribution is 0.119. The van der Waals surface area contributed by atoms with Crippen molar-refractivity contribution in [1.82, 2.24) is 4.98 Å². The van der Waals surface area contributed by atoms with Gasteiger partial charge in [-0.15, -0.1) is 0 Å². The first-order valence-corrected chi connectivity index (χ1v) is 7.18. The van der Waals surface area contributed by atoms with E-state index < -0.39 is 0 Å². The van der Waals surface area contributed by atoms with Crippen molar-refractivity contribution in [3.05, 3.63) is 65.9 Å². The van der Waals surface area contributed by atoms with E-state index in [9.17, 15) is 0 Å². The maximum Gasteiger partial charge on any atom is 0.0793 e. The summed E-state index contributed by atoms with van der Waals surface area (Å²) in [4.78, 5) is 4.52. The zero-order chi connectivity index (χ0) is 14.8. The van der Waals surface area contributed by atoms with Crippen molar-refractivity contribution in [3.63, 3.8) is 0 Å². The maximum absolute atomic E-state index is 5.39. The summed E-state index contributed by atoms with van der Waals surface area (Å²) in [5, 5.41) is 1.18. The van der Waals surface area contributed by atoms with Crippen molar-refractivity contribution in [2.75, 3.05) is 7.11 Å². The van der Waals surface area contributed by atoms with Crippen LogP contribution < -0.4 is 0 Å². The third-order valence-electron chi connectivity index (χ3n) is 4.02.